The third-order valence-electron chi connectivity index (χ3n) is 8.56. The summed E-state index contributed by atoms with van der Waals surface area (Å²) in [6.07, 6.45) is 5.00. The predicted octanol–water partition coefficient (Wildman–Crippen LogP) is 6.83. The number of ether oxygens (including phenoxy) is 3. The number of likely N-dealkylation sites (tertiary alicyclic amines) is 1. The lowest BCUT2D eigenvalue weighted by Crippen LogP contribution is -2.52. The summed E-state index contributed by atoms with van der Waals surface area (Å²) in [4.78, 5) is 15.6. The molecule has 1 saturated heterocycles. The lowest BCUT2D eigenvalue weighted by atomic mass is 9.83. The van der Waals surface area contributed by atoms with Crippen molar-refractivity contribution in [3.8, 4) is 17.2 Å². The molecule has 0 bridgehead atoms. The normalized spacial score (nSPS) is 23.9. The molecule has 2 aromatic rings. The fourth-order valence-corrected chi connectivity index (χ4v) is 8.04. The highest BCUT2D eigenvalue weighted by molar-refractivity contribution is 7.88. The van der Waals surface area contributed by atoms with Crippen LogP contribution in [-0.4, -0.2) is 81.6 Å². The van der Waals surface area contributed by atoms with Crippen LogP contribution in [-0.2, 0) is 26.0 Å². The van der Waals surface area contributed by atoms with Gasteiger partial charge in [-0.25, -0.2) is 13.2 Å². The first-order valence-electron chi connectivity index (χ1n) is 16.3. The van der Waals surface area contributed by atoms with Crippen LogP contribution in [0.3, 0.4) is 0 Å². The highest BCUT2D eigenvalue weighted by Gasteiger charge is 2.49. The molecule has 1 heterocycles. The lowest BCUT2D eigenvalue weighted by molar-refractivity contribution is -0.0261. The Kier molecular flexibility index (Phi) is 11.7. The van der Waals surface area contributed by atoms with Gasteiger partial charge in [0.1, 0.15) is 19.4 Å². The van der Waals surface area contributed by atoms with Crippen molar-refractivity contribution >= 4 is 24.2 Å². The largest absolute Gasteiger partial charge is 0.497 e. The molecule has 0 spiro atoms. The molecule has 10 heteroatoms. The zero-order valence-electron chi connectivity index (χ0n) is 28.8. The van der Waals surface area contributed by atoms with E-state index in [1.54, 1.807) is 12.0 Å². The van der Waals surface area contributed by atoms with Crippen LogP contribution >= 0.6 is 0 Å². The van der Waals surface area contributed by atoms with E-state index in [2.05, 4.69) is 55.4 Å². The van der Waals surface area contributed by atoms with Gasteiger partial charge in [-0.2, -0.15) is 4.31 Å². The Morgan fingerprint density at radius 1 is 1.00 bits per heavy atom. The van der Waals surface area contributed by atoms with Gasteiger partial charge in [-0.1, -0.05) is 68.0 Å². The number of hydrogen-bond acceptors (Lipinski definition) is 6. The van der Waals surface area contributed by atoms with E-state index in [4.69, 9.17) is 14.2 Å². The molecule has 46 heavy (non-hydrogen) atoms. The van der Waals surface area contributed by atoms with E-state index in [1.807, 2.05) is 51.1 Å². The molecular weight excluding hydrogens is 617 g/mol. The number of carbonyl (C=O) groups excluding carboxylic acids is 1. The minimum atomic E-state index is -3.70. The third-order valence-corrected chi connectivity index (χ3v) is 10.7. The number of rotatable bonds is 9. The Morgan fingerprint density at radius 2 is 1.63 bits per heavy atom. The summed E-state index contributed by atoms with van der Waals surface area (Å²) in [5.74, 6) is 4.59. The highest BCUT2D eigenvalue weighted by Crippen LogP contribution is 2.37. The van der Waals surface area contributed by atoms with Crippen LogP contribution in [0.1, 0.15) is 69.9 Å². The highest BCUT2D eigenvalue weighted by atomic mass is 32.2. The number of methoxy groups -OCH3 is 1. The Morgan fingerprint density at radius 3 is 2.17 bits per heavy atom. The summed E-state index contributed by atoms with van der Waals surface area (Å²) in [5, 5.41) is 0. The van der Waals surface area contributed by atoms with Crippen molar-refractivity contribution in [2.75, 3.05) is 20.0 Å². The fourth-order valence-electron chi connectivity index (χ4n) is 6.34. The number of carbonyl (C=O) groups is 1. The molecule has 0 aromatic heterocycles. The summed E-state index contributed by atoms with van der Waals surface area (Å²) >= 11 is 0. The maximum absolute atomic E-state index is 13.9. The SMILES string of the molecule is COc1ccc(CN([C@H]2CC(C#C[Si](C)(C)C)N(C(=O)OC(C)(C)C)[C@H]2COC2CCC(c3ccccc3)CC2)S(C)(=O)=O)cc1. The van der Waals surface area contributed by atoms with Gasteiger partial charge in [0.25, 0.3) is 0 Å². The van der Waals surface area contributed by atoms with Gasteiger partial charge < -0.3 is 14.2 Å². The van der Waals surface area contributed by atoms with Gasteiger partial charge in [-0.3, -0.25) is 4.90 Å². The average Bonchev–Trinajstić information content (AvgIpc) is 3.35. The van der Waals surface area contributed by atoms with Crippen molar-refractivity contribution in [3.63, 3.8) is 0 Å². The van der Waals surface area contributed by atoms with E-state index >= 15 is 0 Å². The third kappa shape index (κ3) is 10.1. The lowest BCUT2D eigenvalue weighted by Gasteiger charge is -2.36. The van der Waals surface area contributed by atoms with Gasteiger partial charge in [0.05, 0.1) is 44.2 Å². The summed E-state index contributed by atoms with van der Waals surface area (Å²) in [6, 6.07) is 16.4. The first-order chi connectivity index (χ1) is 21.5. The maximum Gasteiger partial charge on any atom is 0.411 e. The van der Waals surface area contributed by atoms with Crippen LogP contribution in [0.2, 0.25) is 19.6 Å². The molecule has 3 atom stereocenters. The van der Waals surface area contributed by atoms with Crippen molar-refractivity contribution in [1.29, 1.82) is 0 Å². The van der Waals surface area contributed by atoms with Crippen molar-refractivity contribution in [3.05, 3.63) is 65.7 Å². The molecule has 1 amide bonds. The summed E-state index contributed by atoms with van der Waals surface area (Å²) in [7, 11) is -3.91. The molecule has 0 N–H and O–H groups in total. The minimum absolute atomic E-state index is 0.0292. The monoisotopic (exact) mass is 668 g/mol. The Labute approximate surface area is 277 Å². The van der Waals surface area contributed by atoms with E-state index < -0.39 is 47.9 Å². The second-order valence-corrected chi connectivity index (χ2v) is 21.4. The molecule has 1 aliphatic carbocycles. The zero-order chi connectivity index (χ0) is 33.7. The number of benzene rings is 2. The molecule has 1 unspecified atom stereocenters. The number of hydrogen-bond donors (Lipinski definition) is 0. The molecule has 2 aromatic carbocycles. The van der Waals surface area contributed by atoms with E-state index in [0.717, 1.165) is 31.2 Å². The number of sulfonamides is 1. The van der Waals surface area contributed by atoms with Crippen LogP contribution in [0.25, 0.3) is 0 Å². The summed E-state index contributed by atoms with van der Waals surface area (Å²) in [5.41, 5.74) is 4.89. The standard InChI is InChI=1S/C36H52N2O6SSi/c1-36(2,3)44-35(39)38-30(22-23-46(6,7)8)24-33(37(45(5,40)41)25-27-14-18-31(42-4)19-15-27)34(38)26-43-32-20-16-29(17-21-32)28-12-10-9-11-13-28/h9-15,18-19,29-30,32-34H,16-17,20-21,24-26H2,1-8H3/t29?,30?,32?,33-,34-/m0/s1. The Balaban J connectivity index is 1.65. The average molecular weight is 669 g/mol. The Hall–Kier alpha value is -2.84. The fraction of sp³-hybridized carbons (Fsp3) is 0.583. The summed E-state index contributed by atoms with van der Waals surface area (Å²) in [6.45, 7) is 12.3. The van der Waals surface area contributed by atoms with E-state index in [0.29, 0.717) is 18.1 Å². The van der Waals surface area contributed by atoms with Crippen molar-refractivity contribution in [2.24, 2.45) is 0 Å². The second-order valence-electron chi connectivity index (χ2n) is 14.7. The molecule has 0 radical (unpaired) electrons. The molecule has 2 aliphatic rings. The van der Waals surface area contributed by atoms with Crippen LogP contribution in [0.5, 0.6) is 5.75 Å². The molecule has 8 nitrogen and oxygen atoms in total. The van der Waals surface area contributed by atoms with Gasteiger partial charge >= 0.3 is 6.09 Å². The van der Waals surface area contributed by atoms with Gasteiger partial charge in [-0.05, 0) is 82.1 Å². The van der Waals surface area contributed by atoms with Gasteiger partial charge in [0, 0.05) is 6.54 Å². The topological polar surface area (TPSA) is 85.4 Å². The second kappa shape index (κ2) is 14.9. The maximum atomic E-state index is 13.9. The quantitative estimate of drug-likeness (QED) is 0.215. The molecule has 2 fully saturated rings. The molecule has 252 valence electrons. The molecule has 1 saturated carbocycles. The van der Waals surface area contributed by atoms with E-state index in [-0.39, 0.29) is 19.3 Å². The van der Waals surface area contributed by atoms with Gasteiger partial charge in [0.2, 0.25) is 10.0 Å². The summed E-state index contributed by atoms with van der Waals surface area (Å²) < 4.78 is 46.3. The first kappa shape index (κ1) is 36.0. The van der Waals surface area contributed by atoms with Gasteiger partial charge in [-0.15, -0.1) is 5.54 Å². The van der Waals surface area contributed by atoms with Crippen LogP contribution in [0.15, 0.2) is 54.6 Å². The van der Waals surface area contributed by atoms with E-state index in [9.17, 15) is 13.2 Å². The van der Waals surface area contributed by atoms with Crippen LogP contribution in [0.4, 0.5) is 4.79 Å². The minimum Gasteiger partial charge on any atom is -0.497 e. The molecular formula is C36H52N2O6SSi. The zero-order valence-corrected chi connectivity index (χ0v) is 30.6. The van der Waals surface area contributed by atoms with Crippen molar-refractivity contribution in [2.45, 2.75) is 115 Å². The van der Waals surface area contributed by atoms with Crippen molar-refractivity contribution in [1.82, 2.24) is 9.21 Å². The smallest absolute Gasteiger partial charge is 0.411 e. The Bertz CT molecular complexity index is 1470. The number of nitrogens with zero attached hydrogens (tertiary/aromatic N) is 2. The number of amides is 1. The van der Waals surface area contributed by atoms with E-state index in [1.165, 1.54) is 16.1 Å². The first-order valence-corrected chi connectivity index (χ1v) is 21.7. The van der Waals surface area contributed by atoms with Crippen LogP contribution in [0, 0.1) is 11.5 Å². The predicted molar refractivity (Wildman–Crippen MR) is 186 cm³/mol. The molecule has 4 rings (SSSR count). The molecule has 1 aliphatic heterocycles. The van der Waals surface area contributed by atoms with Crippen molar-refractivity contribution < 1.29 is 27.4 Å². The van der Waals surface area contributed by atoms with Gasteiger partial charge in [0.15, 0.2) is 0 Å². The van der Waals surface area contributed by atoms with Crippen LogP contribution < -0.4 is 4.74 Å².